The molecule has 4 rings (SSSR count). The van der Waals surface area contributed by atoms with Gasteiger partial charge in [-0.3, -0.25) is 4.79 Å². The maximum Gasteiger partial charge on any atom is 0.253 e. The number of benzene rings is 2. The number of aryl methyl sites for hydroxylation is 1. The summed E-state index contributed by atoms with van der Waals surface area (Å²) in [6.45, 7) is 5.17. The van der Waals surface area contributed by atoms with Crippen molar-refractivity contribution in [3.8, 4) is 5.75 Å². The highest BCUT2D eigenvalue weighted by Gasteiger charge is 2.21. The molecule has 3 aromatic rings. The Bertz CT molecular complexity index is 948. The fourth-order valence-corrected chi connectivity index (χ4v) is 3.62. The topological polar surface area (TPSA) is 61.5 Å². The quantitative estimate of drug-likeness (QED) is 0.775. The van der Waals surface area contributed by atoms with Crippen LogP contribution in [0.5, 0.6) is 5.75 Å². The first-order valence-corrected chi connectivity index (χ1v) is 9.29. The predicted molar refractivity (Wildman–Crippen MR) is 107 cm³/mol. The molecule has 140 valence electrons. The molecule has 6 nitrogen and oxygen atoms in total. The third kappa shape index (κ3) is 3.60. The first-order chi connectivity index (χ1) is 13.1. The fourth-order valence-electron chi connectivity index (χ4n) is 3.62. The van der Waals surface area contributed by atoms with Gasteiger partial charge >= 0.3 is 0 Å². The van der Waals surface area contributed by atoms with Gasteiger partial charge in [-0.2, -0.15) is 0 Å². The van der Waals surface area contributed by atoms with E-state index in [2.05, 4.69) is 27.0 Å². The summed E-state index contributed by atoms with van der Waals surface area (Å²) in [5.74, 6) is 1.80. The SMILES string of the molecule is COc1ccc(N2CCCN(C(=O)c3ccc4nc(C)[nH]c4c3)CC2)cc1. The number of hydrogen-bond acceptors (Lipinski definition) is 4. The number of imidazole rings is 1. The molecule has 1 aliphatic rings. The van der Waals surface area contributed by atoms with Crippen LogP contribution in [-0.2, 0) is 0 Å². The number of carbonyl (C=O) groups is 1. The molecular formula is C21H24N4O2. The molecule has 0 radical (unpaired) electrons. The summed E-state index contributed by atoms with van der Waals surface area (Å²) in [4.78, 5) is 24.9. The highest BCUT2D eigenvalue weighted by atomic mass is 16.5. The van der Waals surface area contributed by atoms with Crippen molar-refractivity contribution in [2.24, 2.45) is 0 Å². The van der Waals surface area contributed by atoms with E-state index in [0.29, 0.717) is 12.1 Å². The molecule has 1 aliphatic heterocycles. The summed E-state index contributed by atoms with van der Waals surface area (Å²) in [6.07, 6.45) is 0.948. The number of aromatic nitrogens is 2. The Morgan fingerprint density at radius 1 is 1.07 bits per heavy atom. The van der Waals surface area contributed by atoms with E-state index in [1.54, 1.807) is 7.11 Å². The summed E-state index contributed by atoms with van der Waals surface area (Å²) < 4.78 is 5.23. The molecule has 0 bridgehead atoms. The van der Waals surface area contributed by atoms with E-state index in [-0.39, 0.29) is 5.91 Å². The van der Waals surface area contributed by atoms with Crippen LogP contribution in [0.3, 0.4) is 0 Å². The van der Waals surface area contributed by atoms with Gasteiger partial charge in [-0.15, -0.1) is 0 Å². The van der Waals surface area contributed by atoms with Crippen LogP contribution in [0.25, 0.3) is 11.0 Å². The van der Waals surface area contributed by atoms with Crippen LogP contribution in [0.15, 0.2) is 42.5 Å². The van der Waals surface area contributed by atoms with Crippen LogP contribution >= 0.6 is 0 Å². The maximum absolute atomic E-state index is 13.0. The van der Waals surface area contributed by atoms with E-state index in [1.165, 1.54) is 5.69 Å². The van der Waals surface area contributed by atoms with E-state index in [0.717, 1.165) is 48.7 Å². The number of amides is 1. The van der Waals surface area contributed by atoms with Gasteiger partial charge in [0.2, 0.25) is 0 Å². The van der Waals surface area contributed by atoms with Crippen LogP contribution in [0, 0.1) is 6.92 Å². The second-order valence-electron chi connectivity index (χ2n) is 6.88. The molecule has 1 saturated heterocycles. The summed E-state index contributed by atoms with van der Waals surface area (Å²) in [6, 6.07) is 13.8. The van der Waals surface area contributed by atoms with Gasteiger partial charge in [0.15, 0.2) is 0 Å². The lowest BCUT2D eigenvalue weighted by atomic mass is 10.1. The number of carbonyl (C=O) groups excluding carboxylic acids is 1. The molecule has 0 saturated carbocycles. The number of nitrogens with zero attached hydrogens (tertiary/aromatic N) is 3. The van der Waals surface area contributed by atoms with Crippen molar-refractivity contribution < 1.29 is 9.53 Å². The zero-order valence-corrected chi connectivity index (χ0v) is 15.7. The molecule has 6 heteroatoms. The third-order valence-corrected chi connectivity index (χ3v) is 5.07. The summed E-state index contributed by atoms with van der Waals surface area (Å²) >= 11 is 0. The van der Waals surface area contributed by atoms with Crippen LogP contribution < -0.4 is 9.64 Å². The Balaban J connectivity index is 1.46. The summed E-state index contributed by atoms with van der Waals surface area (Å²) in [5.41, 5.74) is 3.68. The Labute approximate surface area is 158 Å². The van der Waals surface area contributed by atoms with E-state index in [1.807, 2.05) is 42.2 Å². The maximum atomic E-state index is 13.0. The van der Waals surface area contributed by atoms with Gasteiger partial charge in [0.1, 0.15) is 11.6 Å². The lowest BCUT2D eigenvalue weighted by molar-refractivity contribution is 0.0767. The fraction of sp³-hybridized carbons (Fsp3) is 0.333. The lowest BCUT2D eigenvalue weighted by Crippen LogP contribution is -2.35. The zero-order chi connectivity index (χ0) is 18.8. The lowest BCUT2D eigenvalue weighted by Gasteiger charge is -2.24. The van der Waals surface area contributed by atoms with Crippen LogP contribution in [0.2, 0.25) is 0 Å². The van der Waals surface area contributed by atoms with Crippen molar-refractivity contribution >= 4 is 22.6 Å². The Morgan fingerprint density at radius 3 is 2.67 bits per heavy atom. The van der Waals surface area contributed by atoms with Gasteiger partial charge in [-0.25, -0.2) is 4.98 Å². The van der Waals surface area contributed by atoms with Gasteiger partial charge < -0.3 is 19.5 Å². The molecule has 0 aliphatic carbocycles. The average molecular weight is 364 g/mol. The van der Waals surface area contributed by atoms with Gasteiger partial charge in [0, 0.05) is 37.4 Å². The van der Waals surface area contributed by atoms with Crippen LogP contribution in [0.1, 0.15) is 22.6 Å². The minimum absolute atomic E-state index is 0.0840. The second-order valence-corrected chi connectivity index (χ2v) is 6.88. The number of methoxy groups -OCH3 is 1. The average Bonchev–Trinajstić information content (AvgIpc) is 2.90. The Morgan fingerprint density at radius 2 is 1.89 bits per heavy atom. The molecule has 0 atom stereocenters. The molecule has 1 amide bonds. The Hall–Kier alpha value is -3.02. The molecule has 1 fully saturated rings. The largest absolute Gasteiger partial charge is 0.497 e. The van der Waals surface area contributed by atoms with Crippen molar-refractivity contribution in [1.82, 2.24) is 14.9 Å². The van der Waals surface area contributed by atoms with Gasteiger partial charge in [-0.05, 0) is 55.8 Å². The summed E-state index contributed by atoms with van der Waals surface area (Å²) in [7, 11) is 1.67. The molecule has 1 aromatic heterocycles. The van der Waals surface area contributed by atoms with Crippen molar-refractivity contribution in [3.05, 3.63) is 53.9 Å². The van der Waals surface area contributed by atoms with Crippen molar-refractivity contribution in [3.63, 3.8) is 0 Å². The van der Waals surface area contributed by atoms with Gasteiger partial charge in [-0.1, -0.05) is 0 Å². The van der Waals surface area contributed by atoms with Crippen molar-refractivity contribution in [2.75, 3.05) is 38.2 Å². The van der Waals surface area contributed by atoms with Crippen LogP contribution in [-0.4, -0.2) is 54.1 Å². The number of hydrogen-bond donors (Lipinski definition) is 1. The number of fused-ring (bicyclic) bond motifs is 1. The number of anilines is 1. The monoisotopic (exact) mass is 364 g/mol. The first-order valence-electron chi connectivity index (χ1n) is 9.29. The second kappa shape index (κ2) is 7.31. The normalized spacial score (nSPS) is 15.0. The number of H-pyrrole nitrogens is 1. The zero-order valence-electron chi connectivity index (χ0n) is 15.7. The van der Waals surface area contributed by atoms with E-state index in [9.17, 15) is 4.79 Å². The molecule has 27 heavy (non-hydrogen) atoms. The number of aromatic amines is 1. The highest BCUT2D eigenvalue weighted by molar-refractivity contribution is 5.97. The van der Waals surface area contributed by atoms with Crippen molar-refractivity contribution in [2.45, 2.75) is 13.3 Å². The van der Waals surface area contributed by atoms with Crippen molar-refractivity contribution in [1.29, 1.82) is 0 Å². The van der Waals surface area contributed by atoms with Gasteiger partial charge in [0.05, 0.1) is 18.1 Å². The molecular weight excluding hydrogens is 340 g/mol. The molecule has 0 unspecified atom stereocenters. The van der Waals surface area contributed by atoms with E-state index >= 15 is 0 Å². The third-order valence-electron chi connectivity index (χ3n) is 5.07. The number of nitrogens with one attached hydrogen (secondary N) is 1. The summed E-state index contributed by atoms with van der Waals surface area (Å²) in [5, 5.41) is 0. The number of ether oxygens (including phenoxy) is 1. The number of rotatable bonds is 3. The minimum Gasteiger partial charge on any atom is -0.497 e. The molecule has 2 heterocycles. The molecule has 2 aromatic carbocycles. The van der Waals surface area contributed by atoms with E-state index in [4.69, 9.17) is 4.74 Å². The van der Waals surface area contributed by atoms with Gasteiger partial charge in [0.25, 0.3) is 5.91 Å². The standard InChI is InChI=1S/C21H24N4O2/c1-15-22-19-9-4-16(14-20(19)23-15)21(26)25-11-3-10-24(12-13-25)17-5-7-18(27-2)8-6-17/h4-9,14H,3,10-13H2,1-2H3,(H,22,23). The van der Waals surface area contributed by atoms with E-state index < -0.39 is 0 Å². The van der Waals surface area contributed by atoms with Crippen LogP contribution in [0.4, 0.5) is 5.69 Å². The predicted octanol–water partition coefficient (Wildman–Crippen LogP) is 3.23. The molecule has 0 spiro atoms. The minimum atomic E-state index is 0.0840. The first kappa shape index (κ1) is 17.4. The highest BCUT2D eigenvalue weighted by Crippen LogP contribution is 2.21. The molecule has 1 N–H and O–H groups in total. The smallest absolute Gasteiger partial charge is 0.253 e. The Kier molecular flexibility index (Phi) is 4.71.